The third-order valence-corrected chi connectivity index (χ3v) is 3.29. The van der Waals surface area contributed by atoms with Crippen molar-refractivity contribution in [2.75, 3.05) is 5.32 Å². The van der Waals surface area contributed by atoms with Gasteiger partial charge in [0.1, 0.15) is 5.82 Å². The van der Waals surface area contributed by atoms with Crippen LogP contribution in [0.15, 0.2) is 48.5 Å². The fourth-order valence-corrected chi connectivity index (χ4v) is 2.43. The highest BCUT2D eigenvalue weighted by atomic mass is 35.5. The van der Waals surface area contributed by atoms with Crippen molar-refractivity contribution in [1.82, 2.24) is 5.32 Å². The zero-order valence-electron chi connectivity index (χ0n) is 11.6. The Balaban J connectivity index is 1.91. The average Bonchev–Trinajstić information content (AvgIpc) is 2.45. The summed E-state index contributed by atoms with van der Waals surface area (Å²) in [7, 11) is 0. The molecule has 23 heavy (non-hydrogen) atoms. The van der Waals surface area contributed by atoms with Gasteiger partial charge in [0.05, 0.1) is 0 Å². The summed E-state index contributed by atoms with van der Waals surface area (Å²) in [6.45, 7) is 0. The third-order valence-electron chi connectivity index (χ3n) is 2.65. The number of anilines is 1. The first-order valence-corrected chi connectivity index (χ1v) is 7.60. The second kappa shape index (κ2) is 8.06. The number of carbonyl (C=O) groups excluding carboxylic acids is 1. The minimum Gasteiger partial charge on any atom is -0.332 e. The van der Waals surface area contributed by atoms with Crippen LogP contribution in [0, 0.1) is 5.82 Å². The number of hydrogen-bond donors (Lipinski definition) is 2. The summed E-state index contributed by atoms with van der Waals surface area (Å²) in [5.74, 6) is -0.753. The number of thiocarbonyl (C=S) groups is 1. The summed E-state index contributed by atoms with van der Waals surface area (Å²) < 4.78 is 12.8. The maximum atomic E-state index is 12.8. The highest BCUT2D eigenvalue weighted by Gasteiger charge is 2.03. The van der Waals surface area contributed by atoms with Crippen LogP contribution in [-0.2, 0) is 4.79 Å². The minimum atomic E-state index is -0.417. The lowest BCUT2D eigenvalue weighted by Gasteiger charge is -2.08. The lowest BCUT2D eigenvalue weighted by Crippen LogP contribution is -2.32. The Bertz CT molecular complexity index is 743. The summed E-state index contributed by atoms with van der Waals surface area (Å²) in [4.78, 5) is 11.8. The van der Waals surface area contributed by atoms with Gasteiger partial charge in [0.15, 0.2) is 5.11 Å². The number of benzene rings is 2. The van der Waals surface area contributed by atoms with Gasteiger partial charge in [0, 0.05) is 21.8 Å². The summed E-state index contributed by atoms with van der Waals surface area (Å²) in [6.07, 6.45) is 2.85. The van der Waals surface area contributed by atoms with E-state index < -0.39 is 5.91 Å². The van der Waals surface area contributed by atoms with Crippen molar-refractivity contribution in [3.8, 4) is 0 Å². The Morgan fingerprint density at radius 3 is 2.30 bits per heavy atom. The Hall–Kier alpha value is -1.95. The molecule has 0 aliphatic carbocycles. The van der Waals surface area contributed by atoms with E-state index in [1.807, 2.05) is 0 Å². The van der Waals surface area contributed by atoms with Crippen LogP contribution in [0.25, 0.3) is 6.08 Å². The van der Waals surface area contributed by atoms with Gasteiger partial charge in [-0.05, 0) is 54.2 Å². The predicted molar refractivity (Wildman–Crippen MR) is 96.3 cm³/mol. The Kier molecular flexibility index (Phi) is 6.10. The van der Waals surface area contributed by atoms with Crippen LogP contribution in [0.5, 0.6) is 0 Å². The molecule has 0 bridgehead atoms. The summed E-state index contributed by atoms with van der Waals surface area (Å²) in [5, 5.41) is 6.30. The van der Waals surface area contributed by atoms with Crippen molar-refractivity contribution in [2.45, 2.75) is 0 Å². The largest absolute Gasteiger partial charge is 0.332 e. The van der Waals surface area contributed by atoms with Gasteiger partial charge < -0.3 is 5.32 Å². The molecule has 0 aliphatic rings. The lowest BCUT2D eigenvalue weighted by atomic mass is 10.2. The standard InChI is InChI=1S/C16H11Cl2FN2OS/c17-11-7-12(18)9-14(8-11)20-16(23)21-15(22)6-3-10-1-4-13(19)5-2-10/h1-9H,(H2,20,21,22,23). The van der Waals surface area contributed by atoms with Crippen molar-refractivity contribution in [1.29, 1.82) is 0 Å². The van der Waals surface area contributed by atoms with Crippen LogP contribution in [-0.4, -0.2) is 11.0 Å². The van der Waals surface area contributed by atoms with Gasteiger partial charge in [-0.15, -0.1) is 0 Å². The van der Waals surface area contributed by atoms with Crippen molar-refractivity contribution >= 4 is 58.2 Å². The number of carbonyl (C=O) groups is 1. The van der Waals surface area contributed by atoms with Crippen LogP contribution in [0.2, 0.25) is 10.0 Å². The molecule has 0 saturated carbocycles. The molecule has 2 aromatic rings. The normalized spacial score (nSPS) is 10.6. The van der Waals surface area contributed by atoms with Crippen LogP contribution in [0.1, 0.15) is 5.56 Å². The highest BCUT2D eigenvalue weighted by Crippen LogP contribution is 2.22. The predicted octanol–water partition coefficient (Wildman–Crippen LogP) is 4.66. The molecular formula is C16H11Cl2FN2OS. The van der Waals surface area contributed by atoms with Crippen LogP contribution >= 0.6 is 35.4 Å². The van der Waals surface area contributed by atoms with E-state index in [0.29, 0.717) is 21.3 Å². The van der Waals surface area contributed by atoms with E-state index in [-0.39, 0.29) is 10.9 Å². The van der Waals surface area contributed by atoms with E-state index in [9.17, 15) is 9.18 Å². The van der Waals surface area contributed by atoms with Gasteiger partial charge in [-0.1, -0.05) is 35.3 Å². The van der Waals surface area contributed by atoms with Gasteiger partial charge >= 0.3 is 0 Å². The van der Waals surface area contributed by atoms with Crippen molar-refractivity contribution < 1.29 is 9.18 Å². The number of rotatable bonds is 3. The molecule has 2 aromatic carbocycles. The number of hydrogen-bond acceptors (Lipinski definition) is 2. The van der Waals surface area contributed by atoms with E-state index in [1.54, 1.807) is 36.4 Å². The van der Waals surface area contributed by atoms with Crippen LogP contribution in [0.3, 0.4) is 0 Å². The molecule has 3 nitrogen and oxygen atoms in total. The van der Waals surface area contributed by atoms with Crippen LogP contribution in [0.4, 0.5) is 10.1 Å². The molecular weight excluding hydrogens is 358 g/mol. The Morgan fingerprint density at radius 2 is 1.70 bits per heavy atom. The van der Waals surface area contributed by atoms with E-state index in [2.05, 4.69) is 10.6 Å². The molecule has 0 unspecified atom stereocenters. The van der Waals surface area contributed by atoms with Crippen molar-refractivity contribution in [3.05, 3.63) is 70.0 Å². The van der Waals surface area contributed by atoms with E-state index in [0.717, 1.165) is 0 Å². The molecule has 1 amide bonds. The van der Waals surface area contributed by atoms with E-state index >= 15 is 0 Å². The molecule has 0 saturated heterocycles. The lowest BCUT2D eigenvalue weighted by molar-refractivity contribution is -0.115. The van der Waals surface area contributed by atoms with Crippen molar-refractivity contribution in [3.63, 3.8) is 0 Å². The molecule has 2 N–H and O–H groups in total. The van der Waals surface area contributed by atoms with E-state index in [1.165, 1.54) is 18.2 Å². The zero-order valence-corrected chi connectivity index (χ0v) is 14.0. The highest BCUT2D eigenvalue weighted by molar-refractivity contribution is 7.80. The second-order valence-electron chi connectivity index (χ2n) is 4.49. The van der Waals surface area contributed by atoms with E-state index in [4.69, 9.17) is 35.4 Å². The second-order valence-corrected chi connectivity index (χ2v) is 5.77. The zero-order chi connectivity index (χ0) is 16.8. The maximum absolute atomic E-state index is 12.8. The van der Waals surface area contributed by atoms with Crippen LogP contribution < -0.4 is 10.6 Å². The summed E-state index contributed by atoms with van der Waals surface area (Å²) in [6, 6.07) is 10.6. The number of halogens is 3. The van der Waals surface area contributed by atoms with Gasteiger partial charge in [-0.3, -0.25) is 10.1 Å². The molecule has 0 heterocycles. The quantitative estimate of drug-likeness (QED) is 0.611. The van der Waals surface area contributed by atoms with Crippen molar-refractivity contribution in [2.24, 2.45) is 0 Å². The minimum absolute atomic E-state index is 0.108. The first kappa shape index (κ1) is 17.4. The number of nitrogens with one attached hydrogen (secondary N) is 2. The molecule has 0 atom stereocenters. The Morgan fingerprint density at radius 1 is 1.09 bits per heavy atom. The molecule has 0 aromatic heterocycles. The monoisotopic (exact) mass is 368 g/mol. The maximum Gasteiger partial charge on any atom is 0.250 e. The fourth-order valence-electron chi connectivity index (χ4n) is 1.69. The summed E-state index contributed by atoms with van der Waals surface area (Å²) >= 11 is 16.8. The molecule has 7 heteroatoms. The average molecular weight is 369 g/mol. The number of amides is 1. The molecule has 118 valence electrons. The first-order chi connectivity index (χ1) is 10.9. The molecule has 2 rings (SSSR count). The molecule has 0 radical (unpaired) electrons. The van der Waals surface area contributed by atoms with Gasteiger partial charge in [0.2, 0.25) is 5.91 Å². The smallest absolute Gasteiger partial charge is 0.250 e. The molecule has 0 spiro atoms. The first-order valence-electron chi connectivity index (χ1n) is 6.44. The molecule has 0 aliphatic heterocycles. The summed E-state index contributed by atoms with van der Waals surface area (Å²) in [5.41, 5.74) is 1.26. The SMILES string of the molecule is O=C(C=Cc1ccc(F)cc1)NC(=S)Nc1cc(Cl)cc(Cl)c1. The molecule has 0 fully saturated rings. The fraction of sp³-hybridized carbons (Fsp3) is 0. The topological polar surface area (TPSA) is 41.1 Å². The third kappa shape index (κ3) is 5.98. The van der Waals surface area contributed by atoms with Gasteiger partial charge in [-0.25, -0.2) is 4.39 Å². The van der Waals surface area contributed by atoms with Gasteiger partial charge in [0.25, 0.3) is 0 Å². The van der Waals surface area contributed by atoms with Gasteiger partial charge in [-0.2, -0.15) is 0 Å². The Labute approximate surface area is 148 Å².